The zero-order valence-corrected chi connectivity index (χ0v) is 77.3. The molecule has 5 unspecified atom stereocenters. The van der Waals surface area contributed by atoms with E-state index in [0.717, 1.165) is 173 Å². The number of hydrogen-bond donors (Lipinski definition) is 4. The Morgan fingerprint density at radius 2 is 0.445 bits per heavy atom. The average Bonchev–Trinajstić information content (AvgIpc) is 0.902. The van der Waals surface area contributed by atoms with Crippen LogP contribution in [-0.4, -0.2) is 95.9 Å². The molecule has 0 spiro atoms. The summed E-state index contributed by atoms with van der Waals surface area (Å²) in [5.74, 6) is -1.58. The van der Waals surface area contributed by atoms with Gasteiger partial charge in [0.25, 0.3) is 0 Å². The van der Waals surface area contributed by atoms with Gasteiger partial charge in [-0.05, 0) is 148 Å². The third-order valence-corrected chi connectivity index (χ3v) is 22.1. The lowest BCUT2D eigenvalue weighted by Crippen LogP contribution is -2.30. The number of unbranched alkanes of at least 4 members (excludes halogenated alkanes) is 41. The standard InChI is InChI=1S/C101H174O16P2/c1-4-7-10-13-16-19-22-25-28-31-33-35-37-39-41-43-45-46-47-48-50-52-53-55-57-59-61-64-66-69-72-75-78-81-84-87-99(104)111-90-96(102)91-113-118(107,108)114-92-97(103)93-115-119(109,110)116-95-98(117-101(106)89-86-83-80-77-74-71-68-63-30-27-24-21-18-15-12-9-6-3)94-112-100(105)88-85-82-79-76-73-70-67-65-62-60-58-56-54-51-49-44-42-40-38-36-34-32-29-26-23-20-17-14-11-8-5-2/h8-9,11-12,16-21,25-30,33-36,39-42,49,51,96-98,102-103H,4-7,10,13-15,22-24,31-32,37-38,43-48,50,52-95H2,1-3H3,(H,107,108)(H,109,110)/b11-8-,12-9-,19-16-,20-17-,21-18-,28-25-,29-26-,30-27-,35-33-,36-34-,41-39-,42-40-,51-49-. The van der Waals surface area contributed by atoms with E-state index in [0.29, 0.717) is 19.3 Å². The third kappa shape index (κ3) is 93.7. The summed E-state index contributed by atoms with van der Waals surface area (Å²) < 4.78 is 61.5. The second-order valence-corrected chi connectivity index (χ2v) is 34.7. The molecule has 0 heterocycles. The van der Waals surface area contributed by atoms with E-state index in [1.165, 1.54) is 173 Å². The molecule has 0 aromatic rings. The minimum Gasteiger partial charge on any atom is -0.463 e. The quantitative estimate of drug-likeness (QED) is 0.0146. The van der Waals surface area contributed by atoms with Crippen molar-refractivity contribution in [1.82, 2.24) is 0 Å². The number of carbonyl (C=O) groups excluding carboxylic acids is 3. The zero-order chi connectivity index (χ0) is 86.5. The van der Waals surface area contributed by atoms with Crippen molar-refractivity contribution in [2.45, 2.75) is 424 Å². The molecule has 684 valence electrons. The maximum atomic E-state index is 13.0. The lowest BCUT2D eigenvalue weighted by atomic mass is 10.0. The highest BCUT2D eigenvalue weighted by Crippen LogP contribution is 2.45. The smallest absolute Gasteiger partial charge is 0.463 e. The Morgan fingerprint density at radius 3 is 0.706 bits per heavy atom. The van der Waals surface area contributed by atoms with Crippen LogP contribution in [0, 0.1) is 0 Å². The maximum absolute atomic E-state index is 13.0. The van der Waals surface area contributed by atoms with Gasteiger partial charge in [-0.1, -0.05) is 397 Å². The molecule has 119 heavy (non-hydrogen) atoms. The molecule has 0 amide bonds. The van der Waals surface area contributed by atoms with Crippen LogP contribution in [0.3, 0.4) is 0 Å². The van der Waals surface area contributed by atoms with E-state index in [1.807, 2.05) is 0 Å². The van der Waals surface area contributed by atoms with Crippen LogP contribution in [0.25, 0.3) is 0 Å². The van der Waals surface area contributed by atoms with E-state index < -0.39 is 91.5 Å². The van der Waals surface area contributed by atoms with Crippen LogP contribution in [0.2, 0.25) is 0 Å². The van der Waals surface area contributed by atoms with Crippen molar-refractivity contribution in [2.75, 3.05) is 39.6 Å². The number of rotatable bonds is 90. The Morgan fingerprint density at radius 1 is 0.244 bits per heavy atom. The highest BCUT2D eigenvalue weighted by atomic mass is 31.2. The van der Waals surface area contributed by atoms with Crippen LogP contribution in [0.4, 0.5) is 0 Å². The molecule has 0 fully saturated rings. The third-order valence-electron chi connectivity index (χ3n) is 20.2. The molecule has 0 aromatic carbocycles. The van der Waals surface area contributed by atoms with Crippen LogP contribution < -0.4 is 0 Å². The van der Waals surface area contributed by atoms with Crippen LogP contribution in [0.1, 0.15) is 406 Å². The van der Waals surface area contributed by atoms with Crippen LogP contribution in [0.5, 0.6) is 0 Å². The first-order valence-electron chi connectivity index (χ1n) is 47.8. The number of carbonyl (C=O) groups is 3. The monoisotopic (exact) mass is 1710 g/mol. The summed E-state index contributed by atoms with van der Waals surface area (Å²) in [6, 6.07) is 0. The fourth-order valence-electron chi connectivity index (χ4n) is 13.0. The van der Waals surface area contributed by atoms with Gasteiger partial charge in [-0.3, -0.25) is 32.5 Å². The van der Waals surface area contributed by atoms with E-state index in [1.54, 1.807) is 0 Å². The van der Waals surface area contributed by atoms with Crippen molar-refractivity contribution in [1.29, 1.82) is 0 Å². The molecular formula is C101H174O16P2. The Hall–Kier alpha value is -4.83. The second kappa shape index (κ2) is 92.4. The number of ether oxygens (including phenoxy) is 3. The molecule has 0 saturated heterocycles. The van der Waals surface area contributed by atoms with Crippen molar-refractivity contribution in [3.63, 3.8) is 0 Å². The number of phosphoric ester groups is 2. The Balaban J connectivity index is 4.47. The van der Waals surface area contributed by atoms with Gasteiger partial charge < -0.3 is 34.2 Å². The van der Waals surface area contributed by atoms with Gasteiger partial charge in [0, 0.05) is 19.3 Å². The summed E-state index contributed by atoms with van der Waals surface area (Å²) in [6.07, 6.45) is 119. The Kier molecular flexibility index (Phi) is 88.6. The van der Waals surface area contributed by atoms with Crippen LogP contribution in [-0.2, 0) is 55.8 Å². The van der Waals surface area contributed by atoms with Gasteiger partial charge in [-0.15, -0.1) is 0 Å². The molecule has 4 N–H and O–H groups in total. The van der Waals surface area contributed by atoms with Crippen molar-refractivity contribution >= 4 is 33.6 Å². The molecule has 16 nitrogen and oxygen atoms in total. The molecular weight excluding hydrogens is 1530 g/mol. The summed E-state index contributed by atoms with van der Waals surface area (Å²) in [4.78, 5) is 59.0. The lowest BCUT2D eigenvalue weighted by molar-refractivity contribution is -0.161. The highest BCUT2D eigenvalue weighted by Gasteiger charge is 2.30. The van der Waals surface area contributed by atoms with E-state index in [4.69, 9.17) is 32.3 Å². The predicted molar refractivity (Wildman–Crippen MR) is 500 cm³/mol. The zero-order valence-electron chi connectivity index (χ0n) is 75.5. The normalized spacial score (nSPS) is 14.4. The summed E-state index contributed by atoms with van der Waals surface area (Å²) in [5, 5.41) is 20.7. The van der Waals surface area contributed by atoms with Crippen molar-refractivity contribution in [3.05, 3.63) is 158 Å². The molecule has 0 aliphatic carbocycles. The summed E-state index contributed by atoms with van der Waals surface area (Å²) >= 11 is 0. The van der Waals surface area contributed by atoms with Gasteiger partial charge in [0.1, 0.15) is 25.4 Å². The number of phosphoric acid groups is 2. The van der Waals surface area contributed by atoms with E-state index in [-0.39, 0.29) is 19.3 Å². The first kappa shape index (κ1) is 114. The van der Waals surface area contributed by atoms with Gasteiger partial charge in [-0.2, -0.15) is 0 Å². The van der Waals surface area contributed by atoms with Crippen LogP contribution >= 0.6 is 15.6 Å². The maximum Gasteiger partial charge on any atom is 0.472 e. The van der Waals surface area contributed by atoms with Crippen molar-refractivity contribution in [2.24, 2.45) is 0 Å². The van der Waals surface area contributed by atoms with Gasteiger partial charge >= 0.3 is 33.6 Å². The molecule has 0 rings (SSSR count). The SMILES string of the molecule is CC/C=C\C/C=C\C/C=C\C/C=C\C/C=C\C/C=C\CCCCCCCCCCCCCCC(=O)OCC(COP(=O)(O)OCC(O)COP(=O)(O)OCC(O)COC(=O)CCCCCCCCCCCCCCCCCCCCC/C=C\C/C=C\C/C=C\C/C=C\CCCCC)OC(=O)CCCCCCCCC/C=C\C/C=C\C/C=C\CC. The van der Waals surface area contributed by atoms with Crippen molar-refractivity contribution in [3.8, 4) is 0 Å². The molecule has 0 aliphatic heterocycles. The number of aliphatic hydroxyl groups is 2. The molecule has 18 heteroatoms. The molecule has 0 saturated carbocycles. The Labute approximate surface area is 727 Å². The first-order chi connectivity index (χ1) is 58.2. The molecule has 0 aromatic heterocycles. The molecule has 0 radical (unpaired) electrons. The molecule has 0 bridgehead atoms. The van der Waals surface area contributed by atoms with Crippen molar-refractivity contribution < 1.29 is 75.8 Å². The first-order valence-corrected chi connectivity index (χ1v) is 50.8. The van der Waals surface area contributed by atoms with Gasteiger partial charge in [0.2, 0.25) is 0 Å². The topological polar surface area (TPSA) is 231 Å². The minimum atomic E-state index is -4.94. The number of hydrogen-bond acceptors (Lipinski definition) is 14. The second-order valence-electron chi connectivity index (χ2n) is 31.8. The molecule has 0 aliphatic rings. The van der Waals surface area contributed by atoms with Gasteiger partial charge in [0.15, 0.2) is 6.10 Å². The number of allylic oxidation sites excluding steroid dienone is 26. The Bertz CT molecular complexity index is 2790. The lowest BCUT2D eigenvalue weighted by Gasteiger charge is -2.21. The molecule has 5 atom stereocenters. The fraction of sp³-hybridized carbons (Fsp3) is 0.713. The van der Waals surface area contributed by atoms with Gasteiger partial charge in [-0.25, -0.2) is 9.13 Å². The average molecular weight is 1710 g/mol. The summed E-state index contributed by atoms with van der Waals surface area (Å²) in [5.41, 5.74) is 0. The largest absolute Gasteiger partial charge is 0.472 e. The number of aliphatic hydroxyl groups excluding tert-OH is 2. The van der Waals surface area contributed by atoms with Gasteiger partial charge in [0.05, 0.1) is 26.4 Å². The van der Waals surface area contributed by atoms with Crippen LogP contribution in [0.15, 0.2) is 158 Å². The van der Waals surface area contributed by atoms with E-state index in [2.05, 4.69) is 179 Å². The minimum absolute atomic E-state index is 0.0904. The van der Waals surface area contributed by atoms with E-state index in [9.17, 15) is 43.5 Å². The summed E-state index contributed by atoms with van der Waals surface area (Å²) in [7, 11) is -9.81. The predicted octanol–water partition coefficient (Wildman–Crippen LogP) is 29.7. The number of esters is 3. The summed E-state index contributed by atoms with van der Waals surface area (Å²) in [6.45, 7) is 2.47. The highest BCUT2D eigenvalue weighted by molar-refractivity contribution is 7.47. The van der Waals surface area contributed by atoms with E-state index >= 15 is 0 Å². The fourth-order valence-corrected chi connectivity index (χ4v) is 14.6.